The second kappa shape index (κ2) is 9.94. The molecule has 0 saturated carbocycles. The maximum absolute atomic E-state index is 13.6. The minimum Gasteiger partial charge on any atom is -0.493 e. The van der Waals surface area contributed by atoms with Crippen LogP contribution in [0.15, 0.2) is 42.5 Å². The zero-order valence-corrected chi connectivity index (χ0v) is 19.6. The number of hydrogen-bond acceptors (Lipinski definition) is 6. The van der Waals surface area contributed by atoms with E-state index in [0.717, 1.165) is 50.3 Å². The quantitative estimate of drug-likeness (QED) is 0.532. The molecular weight excluding hydrogens is 473 g/mol. The molecule has 36 heavy (non-hydrogen) atoms. The first-order valence-electron chi connectivity index (χ1n) is 12.0. The number of para-hydroxylation sites is 1. The summed E-state index contributed by atoms with van der Waals surface area (Å²) in [7, 11) is 0. The first-order chi connectivity index (χ1) is 17.3. The first kappa shape index (κ1) is 24.3. The Morgan fingerprint density at radius 1 is 1.06 bits per heavy atom. The van der Waals surface area contributed by atoms with Gasteiger partial charge in [0.15, 0.2) is 0 Å². The van der Waals surface area contributed by atoms with Crippen LogP contribution in [0, 0.1) is 0 Å². The van der Waals surface area contributed by atoms with Crippen molar-refractivity contribution in [2.75, 3.05) is 49.6 Å². The molecule has 2 aromatic carbocycles. The highest BCUT2D eigenvalue weighted by Gasteiger charge is 2.34. The average molecular weight is 501 g/mol. The van der Waals surface area contributed by atoms with Gasteiger partial charge in [-0.3, -0.25) is 9.69 Å². The lowest BCUT2D eigenvalue weighted by atomic mass is 10.0. The lowest BCUT2D eigenvalue weighted by Crippen LogP contribution is -2.36. The summed E-state index contributed by atoms with van der Waals surface area (Å²) in [5, 5.41) is 12.2. The molecule has 0 radical (unpaired) electrons. The molecule has 2 aliphatic heterocycles. The number of hydrogen-bond donors (Lipinski definition) is 2. The Hall–Kier alpha value is -3.37. The van der Waals surface area contributed by atoms with E-state index >= 15 is 0 Å². The van der Waals surface area contributed by atoms with Crippen LogP contribution in [0.3, 0.4) is 0 Å². The number of aromatic hydroxyl groups is 1. The zero-order chi connectivity index (χ0) is 25.3. The van der Waals surface area contributed by atoms with Gasteiger partial charge in [0.1, 0.15) is 0 Å². The normalized spacial score (nSPS) is 17.0. The van der Waals surface area contributed by atoms with Gasteiger partial charge in [-0.05, 0) is 42.7 Å². The number of amides is 1. The highest BCUT2D eigenvalue weighted by atomic mass is 19.4. The molecule has 1 amide bonds. The third kappa shape index (κ3) is 5.10. The van der Waals surface area contributed by atoms with Gasteiger partial charge in [0.05, 0.1) is 35.5 Å². The van der Waals surface area contributed by atoms with E-state index in [-0.39, 0.29) is 22.5 Å². The fourth-order valence-corrected chi connectivity index (χ4v) is 4.94. The lowest BCUT2D eigenvalue weighted by molar-refractivity contribution is -0.136. The lowest BCUT2D eigenvalue weighted by Gasteiger charge is -2.30. The molecule has 2 saturated heterocycles. The molecule has 0 atom stereocenters. The van der Waals surface area contributed by atoms with Crippen LogP contribution < -0.4 is 10.2 Å². The van der Waals surface area contributed by atoms with Gasteiger partial charge in [0.2, 0.25) is 5.88 Å². The minimum atomic E-state index is -4.68. The van der Waals surface area contributed by atoms with E-state index < -0.39 is 17.6 Å². The molecule has 2 N–H and O–H groups in total. The summed E-state index contributed by atoms with van der Waals surface area (Å²) in [5.41, 5.74) is 1.61. The summed E-state index contributed by atoms with van der Waals surface area (Å²) in [4.78, 5) is 21.8. The maximum atomic E-state index is 13.6. The molecule has 0 spiro atoms. The molecular formula is C26H27F3N4O3. The number of nitrogens with zero attached hydrogens (tertiary/aromatic N) is 3. The van der Waals surface area contributed by atoms with Crippen LogP contribution in [0.2, 0.25) is 0 Å². The second-order valence-electron chi connectivity index (χ2n) is 9.11. The number of carbonyl (C=O) groups is 1. The van der Waals surface area contributed by atoms with Gasteiger partial charge in [-0.2, -0.15) is 13.2 Å². The van der Waals surface area contributed by atoms with E-state index in [1.165, 1.54) is 18.2 Å². The molecule has 2 fully saturated rings. The van der Waals surface area contributed by atoms with Gasteiger partial charge >= 0.3 is 6.18 Å². The van der Waals surface area contributed by atoms with Gasteiger partial charge in [0.25, 0.3) is 5.91 Å². The smallest absolute Gasteiger partial charge is 0.417 e. The standard InChI is InChI=1S/C26H27F3N4O3/c27-26(28,29)21-15-23(34)31-22-7-6-18(14-20(21)22)30-25(35)19-5-3-4-17(16-32-10-12-36-13-11-32)24(19)33-8-1-2-9-33/h3-7,14-15H,1-2,8-13,16H2,(H,30,35)(H,31,34). The predicted molar refractivity (Wildman–Crippen MR) is 130 cm³/mol. The van der Waals surface area contributed by atoms with Gasteiger partial charge in [0, 0.05) is 49.9 Å². The molecule has 0 bridgehead atoms. The van der Waals surface area contributed by atoms with Gasteiger partial charge in [-0.15, -0.1) is 0 Å². The van der Waals surface area contributed by atoms with E-state index in [2.05, 4.69) is 20.1 Å². The van der Waals surface area contributed by atoms with Crippen molar-refractivity contribution >= 4 is 28.2 Å². The van der Waals surface area contributed by atoms with Crippen LogP contribution >= 0.6 is 0 Å². The Labute approximate surface area is 206 Å². The molecule has 10 heteroatoms. The summed E-state index contributed by atoms with van der Waals surface area (Å²) in [5.74, 6) is -1.10. The van der Waals surface area contributed by atoms with E-state index in [0.29, 0.717) is 31.4 Å². The number of rotatable bonds is 5. The number of carbonyl (C=O) groups excluding carboxylic acids is 1. The van der Waals surface area contributed by atoms with Crippen molar-refractivity contribution in [3.8, 4) is 5.88 Å². The van der Waals surface area contributed by atoms with Gasteiger partial charge in [-0.25, -0.2) is 4.98 Å². The van der Waals surface area contributed by atoms with E-state index in [1.54, 1.807) is 6.07 Å². The maximum Gasteiger partial charge on any atom is 0.417 e. The number of anilines is 2. The van der Waals surface area contributed by atoms with Crippen molar-refractivity contribution in [1.82, 2.24) is 9.88 Å². The SMILES string of the molecule is O=C(Nc1ccc2nc(O)cc(C(F)(F)F)c2c1)c1cccc(CN2CCOCC2)c1N1CCCC1. The van der Waals surface area contributed by atoms with Crippen molar-refractivity contribution < 1.29 is 27.8 Å². The van der Waals surface area contributed by atoms with Crippen molar-refractivity contribution in [3.05, 3.63) is 59.2 Å². The van der Waals surface area contributed by atoms with Crippen molar-refractivity contribution in [3.63, 3.8) is 0 Å². The average Bonchev–Trinajstić information content (AvgIpc) is 3.38. The Morgan fingerprint density at radius 2 is 1.81 bits per heavy atom. The number of pyridine rings is 1. The number of morpholine rings is 1. The summed E-state index contributed by atoms with van der Waals surface area (Å²) in [6.45, 7) is 5.37. The molecule has 3 heterocycles. The van der Waals surface area contributed by atoms with E-state index in [1.807, 2.05) is 12.1 Å². The Morgan fingerprint density at radius 3 is 2.53 bits per heavy atom. The molecule has 0 unspecified atom stereocenters. The highest BCUT2D eigenvalue weighted by Crippen LogP contribution is 2.37. The number of benzene rings is 2. The van der Waals surface area contributed by atoms with Crippen LogP contribution in [-0.4, -0.2) is 60.3 Å². The van der Waals surface area contributed by atoms with Crippen molar-refractivity contribution in [2.24, 2.45) is 0 Å². The number of alkyl halides is 3. The summed E-state index contributed by atoms with van der Waals surface area (Å²) < 4.78 is 46.2. The second-order valence-corrected chi connectivity index (χ2v) is 9.11. The number of halogens is 3. The van der Waals surface area contributed by atoms with Crippen LogP contribution in [0.1, 0.15) is 34.3 Å². The van der Waals surface area contributed by atoms with E-state index in [4.69, 9.17) is 4.74 Å². The monoisotopic (exact) mass is 500 g/mol. The summed E-state index contributed by atoms with van der Waals surface area (Å²) in [6, 6.07) is 10.3. The van der Waals surface area contributed by atoms with Crippen molar-refractivity contribution in [2.45, 2.75) is 25.6 Å². The van der Waals surface area contributed by atoms with Crippen LogP contribution in [-0.2, 0) is 17.5 Å². The highest BCUT2D eigenvalue weighted by molar-refractivity contribution is 6.09. The number of fused-ring (bicyclic) bond motifs is 1. The first-order valence-corrected chi connectivity index (χ1v) is 12.0. The summed E-state index contributed by atoms with van der Waals surface area (Å²) >= 11 is 0. The van der Waals surface area contributed by atoms with Crippen LogP contribution in [0.4, 0.5) is 24.5 Å². The van der Waals surface area contributed by atoms with Crippen LogP contribution in [0.25, 0.3) is 10.9 Å². The molecule has 190 valence electrons. The number of ether oxygens (including phenoxy) is 1. The summed E-state index contributed by atoms with van der Waals surface area (Å²) in [6.07, 6.45) is -2.60. The third-order valence-corrected chi connectivity index (χ3v) is 6.64. The molecule has 3 aromatic rings. The zero-order valence-electron chi connectivity index (χ0n) is 19.6. The molecule has 2 aliphatic rings. The number of nitrogens with one attached hydrogen (secondary N) is 1. The molecule has 7 nitrogen and oxygen atoms in total. The van der Waals surface area contributed by atoms with Gasteiger partial charge in [-0.1, -0.05) is 12.1 Å². The topological polar surface area (TPSA) is 77.9 Å². The third-order valence-electron chi connectivity index (χ3n) is 6.64. The molecule has 1 aromatic heterocycles. The van der Waals surface area contributed by atoms with Crippen LogP contribution in [0.5, 0.6) is 5.88 Å². The van der Waals surface area contributed by atoms with E-state index in [9.17, 15) is 23.1 Å². The van der Waals surface area contributed by atoms with Gasteiger partial charge < -0.3 is 20.1 Å². The fourth-order valence-electron chi connectivity index (χ4n) is 4.94. The number of aromatic nitrogens is 1. The molecule has 0 aliphatic carbocycles. The predicted octanol–water partition coefficient (Wildman–Crippen LogP) is 4.64. The Bertz CT molecular complexity index is 1270. The Balaban J connectivity index is 1.48. The fraction of sp³-hybridized carbons (Fsp3) is 0.385. The molecule has 5 rings (SSSR count). The largest absolute Gasteiger partial charge is 0.493 e. The Kier molecular flexibility index (Phi) is 6.72. The van der Waals surface area contributed by atoms with Crippen molar-refractivity contribution in [1.29, 1.82) is 0 Å². The minimum absolute atomic E-state index is 0.00871.